The van der Waals surface area contributed by atoms with E-state index in [4.69, 9.17) is 5.21 Å². The Hall–Kier alpha value is -0.830. The van der Waals surface area contributed by atoms with Crippen molar-refractivity contribution in [1.29, 1.82) is 0 Å². The maximum Gasteiger partial charge on any atom is 0.269 e. The lowest BCUT2D eigenvalue weighted by molar-refractivity contribution is -0.166. The standard InChI is InChI=1S/C6H11NO2/c1-4-6(8)7(9)5(2)3/h4-5,9H,1H2,2-3H3. The Morgan fingerprint density at radius 3 is 2.33 bits per heavy atom. The fourth-order valence-corrected chi connectivity index (χ4v) is 0.348. The molecule has 3 heteroatoms. The predicted octanol–water partition coefficient (Wildman–Crippen LogP) is 0.799. The van der Waals surface area contributed by atoms with Gasteiger partial charge in [-0.15, -0.1) is 0 Å². The van der Waals surface area contributed by atoms with Crippen molar-refractivity contribution < 1.29 is 10.0 Å². The summed E-state index contributed by atoms with van der Waals surface area (Å²) in [6.45, 7) is 6.63. The number of carbonyl (C=O) groups is 1. The van der Waals surface area contributed by atoms with Gasteiger partial charge in [-0.1, -0.05) is 6.58 Å². The molecule has 1 N–H and O–H groups in total. The van der Waals surface area contributed by atoms with Crippen LogP contribution < -0.4 is 0 Å². The van der Waals surface area contributed by atoms with Crippen molar-refractivity contribution in [2.75, 3.05) is 0 Å². The number of carbonyl (C=O) groups excluding carboxylic acids is 1. The van der Waals surface area contributed by atoms with Crippen molar-refractivity contribution in [2.24, 2.45) is 0 Å². The van der Waals surface area contributed by atoms with Crippen molar-refractivity contribution in [3.05, 3.63) is 12.7 Å². The minimum absolute atomic E-state index is 0.185. The second kappa shape index (κ2) is 3.25. The van der Waals surface area contributed by atoms with Gasteiger partial charge in [0.25, 0.3) is 5.91 Å². The molecule has 0 aliphatic carbocycles. The zero-order valence-corrected chi connectivity index (χ0v) is 5.66. The number of hydrogen-bond acceptors (Lipinski definition) is 2. The first-order chi connectivity index (χ1) is 4.09. The van der Waals surface area contributed by atoms with E-state index in [1.807, 2.05) is 0 Å². The molecule has 0 fully saturated rings. The average molecular weight is 129 g/mol. The third-order valence-corrected chi connectivity index (χ3v) is 0.890. The van der Waals surface area contributed by atoms with E-state index < -0.39 is 5.91 Å². The van der Waals surface area contributed by atoms with Gasteiger partial charge < -0.3 is 0 Å². The molecule has 0 aromatic heterocycles. The summed E-state index contributed by atoms with van der Waals surface area (Å²) in [6.07, 6.45) is 1.07. The van der Waals surface area contributed by atoms with E-state index in [-0.39, 0.29) is 6.04 Å². The van der Waals surface area contributed by atoms with Crippen molar-refractivity contribution in [2.45, 2.75) is 19.9 Å². The van der Waals surface area contributed by atoms with Crippen LogP contribution in [-0.2, 0) is 4.79 Å². The average Bonchev–Trinajstić information content (AvgIpc) is 1.84. The highest BCUT2D eigenvalue weighted by atomic mass is 16.5. The van der Waals surface area contributed by atoms with Crippen LogP contribution in [0, 0.1) is 0 Å². The summed E-state index contributed by atoms with van der Waals surface area (Å²) in [5.41, 5.74) is 0. The van der Waals surface area contributed by atoms with Gasteiger partial charge in [0.05, 0.1) is 6.04 Å². The maximum atomic E-state index is 10.5. The molecule has 9 heavy (non-hydrogen) atoms. The SMILES string of the molecule is C=CC(=O)N(O)C(C)C. The van der Waals surface area contributed by atoms with Crippen LogP contribution >= 0.6 is 0 Å². The smallest absolute Gasteiger partial charge is 0.269 e. The first-order valence-electron chi connectivity index (χ1n) is 2.74. The molecule has 0 aromatic carbocycles. The molecule has 0 spiro atoms. The van der Waals surface area contributed by atoms with E-state index in [0.29, 0.717) is 5.06 Å². The molecule has 0 bridgehead atoms. The highest BCUT2D eigenvalue weighted by Gasteiger charge is 2.08. The zero-order valence-electron chi connectivity index (χ0n) is 5.66. The maximum absolute atomic E-state index is 10.5. The summed E-state index contributed by atoms with van der Waals surface area (Å²) in [5, 5.41) is 9.44. The molecule has 0 aliphatic heterocycles. The largest absolute Gasteiger partial charge is 0.285 e. The second-order valence-electron chi connectivity index (χ2n) is 1.98. The second-order valence-corrected chi connectivity index (χ2v) is 1.98. The minimum Gasteiger partial charge on any atom is -0.285 e. The van der Waals surface area contributed by atoms with E-state index in [9.17, 15) is 4.79 Å². The number of rotatable bonds is 2. The third kappa shape index (κ3) is 2.28. The first kappa shape index (κ1) is 8.17. The van der Waals surface area contributed by atoms with Gasteiger partial charge >= 0.3 is 0 Å². The summed E-state index contributed by atoms with van der Waals surface area (Å²) in [4.78, 5) is 10.5. The normalized spacial score (nSPS) is 9.33. The van der Waals surface area contributed by atoms with Gasteiger partial charge in [0.2, 0.25) is 0 Å². The molecular formula is C6H11NO2. The fraction of sp³-hybridized carbons (Fsp3) is 0.500. The molecule has 0 rings (SSSR count). The first-order valence-corrected chi connectivity index (χ1v) is 2.74. The Balaban J connectivity index is 3.87. The molecular weight excluding hydrogens is 118 g/mol. The molecule has 0 aromatic rings. The van der Waals surface area contributed by atoms with Gasteiger partial charge in [-0.2, -0.15) is 0 Å². The zero-order chi connectivity index (χ0) is 7.44. The quantitative estimate of drug-likeness (QED) is 0.340. The summed E-state index contributed by atoms with van der Waals surface area (Å²) in [5.74, 6) is -0.468. The molecule has 0 radical (unpaired) electrons. The molecule has 0 unspecified atom stereocenters. The lowest BCUT2D eigenvalue weighted by Gasteiger charge is -2.15. The van der Waals surface area contributed by atoms with Crippen molar-refractivity contribution >= 4 is 5.91 Å². The number of nitrogens with zero attached hydrogens (tertiary/aromatic N) is 1. The van der Waals surface area contributed by atoms with E-state index in [1.54, 1.807) is 13.8 Å². The molecule has 0 saturated heterocycles. The van der Waals surface area contributed by atoms with Gasteiger partial charge in [-0.3, -0.25) is 10.0 Å². The van der Waals surface area contributed by atoms with Crippen molar-refractivity contribution in [3.8, 4) is 0 Å². The number of hydroxylamine groups is 2. The summed E-state index contributed by atoms with van der Waals surface area (Å²) >= 11 is 0. The van der Waals surface area contributed by atoms with Crippen LogP contribution in [0.3, 0.4) is 0 Å². The molecule has 52 valence electrons. The van der Waals surface area contributed by atoms with E-state index in [0.717, 1.165) is 6.08 Å². The topological polar surface area (TPSA) is 40.5 Å². The fourth-order valence-electron chi connectivity index (χ4n) is 0.348. The third-order valence-electron chi connectivity index (χ3n) is 0.890. The lowest BCUT2D eigenvalue weighted by atomic mass is 10.4. The highest BCUT2D eigenvalue weighted by Crippen LogP contribution is 1.92. The van der Waals surface area contributed by atoms with E-state index in [1.165, 1.54) is 0 Å². The minimum atomic E-state index is -0.468. The van der Waals surface area contributed by atoms with Crippen molar-refractivity contribution in [3.63, 3.8) is 0 Å². The van der Waals surface area contributed by atoms with Gasteiger partial charge in [-0.05, 0) is 19.9 Å². The van der Waals surface area contributed by atoms with Crippen LogP contribution in [0.2, 0.25) is 0 Å². The summed E-state index contributed by atoms with van der Waals surface area (Å²) in [7, 11) is 0. The Morgan fingerprint density at radius 1 is 1.78 bits per heavy atom. The number of amides is 1. The van der Waals surface area contributed by atoms with E-state index in [2.05, 4.69) is 6.58 Å². The molecule has 1 amide bonds. The van der Waals surface area contributed by atoms with Gasteiger partial charge in [-0.25, -0.2) is 5.06 Å². The lowest BCUT2D eigenvalue weighted by Crippen LogP contribution is -2.31. The Labute approximate surface area is 54.5 Å². The summed E-state index contributed by atoms with van der Waals surface area (Å²) in [6, 6.07) is -0.185. The van der Waals surface area contributed by atoms with Gasteiger partial charge in [0.1, 0.15) is 0 Å². The van der Waals surface area contributed by atoms with Gasteiger partial charge in [0, 0.05) is 0 Å². The van der Waals surface area contributed by atoms with Crippen LogP contribution in [0.5, 0.6) is 0 Å². The van der Waals surface area contributed by atoms with Crippen LogP contribution in [0.4, 0.5) is 0 Å². The Kier molecular flexibility index (Phi) is 2.95. The molecule has 3 nitrogen and oxygen atoms in total. The van der Waals surface area contributed by atoms with Crippen LogP contribution in [0.25, 0.3) is 0 Å². The van der Waals surface area contributed by atoms with Crippen molar-refractivity contribution in [1.82, 2.24) is 5.06 Å². The monoisotopic (exact) mass is 129 g/mol. The highest BCUT2D eigenvalue weighted by molar-refractivity contribution is 5.86. The Morgan fingerprint density at radius 2 is 2.22 bits per heavy atom. The predicted molar refractivity (Wildman–Crippen MR) is 34.0 cm³/mol. The molecule has 0 aliphatic rings. The Bertz CT molecular complexity index is 120. The molecule has 0 saturated carbocycles. The van der Waals surface area contributed by atoms with Crippen LogP contribution in [0.1, 0.15) is 13.8 Å². The van der Waals surface area contributed by atoms with Gasteiger partial charge in [0.15, 0.2) is 0 Å². The van der Waals surface area contributed by atoms with Crippen LogP contribution in [-0.4, -0.2) is 22.2 Å². The van der Waals surface area contributed by atoms with E-state index >= 15 is 0 Å². The number of hydrogen-bond donors (Lipinski definition) is 1. The summed E-state index contributed by atoms with van der Waals surface area (Å²) < 4.78 is 0. The molecule has 0 atom stereocenters. The van der Waals surface area contributed by atoms with Crippen LogP contribution in [0.15, 0.2) is 12.7 Å². The molecule has 0 heterocycles.